The highest BCUT2D eigenvalue weighted by Gasteiger charge is 2.52. The molecule has 1 aromatic heterocycles. The van der Waals surface area contributed by atoms with Crippen LogP contribution in [0.2, 0.25) is 0 Å². The molecular weight excluding hydrogens is 464 g/mol. The second-order valence-corrected chi connectivity index (χ2v) is 14.0. The Hall–Kier alpha value is -1.74. The van der Waals surface area contributed by atoms with Crippen molar-refractivity contribution < 1.29 is 18.8 Å². The van der Waals surface area contributed by atoms with Gasteiger partial charge in [0, 0.05) is 10.8 Å². The van der Waals surface area contributed by atoms with Crippen molar-refractivity contribution in [1.82, 2.24) is 15.8 Å². The first-order chi connectivity index (χ1) is 16.4. The van der Waals surface area contributed by atoms with E-state index in [4.69, 9.17) is 15.0 Å². The molecule has 1 heterocycles. The van der Waals surface area contributed by atoms with E-state index in [1.165, 1.54) is 31.0 Å². The van der Waals surface area contributed by atoms with Gasteiger partial charge in [0.05, 0.1) is 11.6 Å². The molecule has 2 amide bonds. The molecule has 1 aromatic rings. The Morgan fingerprint density at radius 1 is 1.14 bits per heavy atom. The molecular formula is C26H42N4O4S. The van der Waals surface area contributed by atoms with Gasteiger partial charge < -0.3 is 25.6 Å². The number of rotatable bonds is 10. The molecule has 0 aromatic carbocycles. The predicted molar refractivity (Wildman–Crippen MR) is 136 cm³/mol. The molecule has 0 spiro atoms. The maximum Gasteiger partial charge on any atom is 0.291 e. The molecule has 4 bridgehead atoms. The second-order valence-electron chi connectivity index (χ2n) is 12.4. The fourth-order valence-electron chi connectivity index (χ4n) is 6.41. The van der Waals surface area contributed by atoms with Crippen LogP contribution in [0, 0.1) is 23.7 Å². The molecule has 196 valence electrons. The Morgan fingerprint density at radius 2 is 1.71 bits per heavy atom. The van der Waals surface area contributed by atoms with E-state index in [-0.39, 0.29) is 46.8 Å². The fraction of sp³-hybridized carbons (Fsp3) is 0.808. The smallest absolute Gasteiger partial charge is 0.291 e. The van der Waals surface area contributed by atoms with Gasteiger partial charge in [0.1, 0.15) is 11.5 Å². The van der Waals surface area contributed by atoms with Crippen LogP contribution >= 0.6 is 11.8 Å². The lowest BCUT2D eigenvalue weighted by Crippen LogP contribution is -2.59. The van der Waals surface area contributed by atoms with Crippen molar-refractivity contribution in [2.24, 2.45) is 29.4 Å². The number of nitrogens with two attached hydrogens (primary N) is 1. The van der Waals surface area contributed by atoms with Crippen molar-refractivity contribution in [3.8, 4) is 5.88 Å². The summed E-state index contributed by atoms with van der Waals surface area (Å²) in [6, 6.07) is -0.590. The maximum atomic E-state index is 13.4. The minimum atomic E-state index is -0.677. The molecule has 0 unspecified atom stereocenters. The van der Waals surface area contributed by atoms with E-state index in [1.54, 1.807) is 0 Å². The van der Waals surface area contributed by atoms with Crippen molar-refractivity contribution in [3.05, 3.63) is 5.76 Å². The maximum absolute atomic E-state index is 13.4. The summed E-state index contributed by atoms with van der Waals surface area (Å²) in [6.45, 7) is 11.8. The summed E-state index contributed by atoms with van der Waals surface area (Å²) in [5.74, 6) is 2.33. The van der Waals surface area contributed by atoms with Crippen LogP contribution in [0.1, 0.15) is 90.6 Å². The van der Waals surface area contributed by atoms with Crippen molar-refractivity contribution in [3.63, 3.8) is 0 Å². The number of hydrogen-bond donors (Lipinski definition) is 3. The van der Waals surface area contributed by atoms with Crippen molar-refractivity contribution in [1.29, 1.82) is 0 Å². The number of amides is 2. The van der Waals surface area contributed by atoms with Gasteiger partial charge in [0.15, 0.2) is 0 Å². The zero-order valence-electron chi connectivity index (χ0n) is 22.0. The van der Waals surface area contributed by atoms with Crippen LogP contribution in [0.25, 0.3) is 0 Å². The highest BCUT2D eigenvalue weighted by atomic mass is 32.2. The minimum absolute atomic E-state index is 0.0337. The van der Waals surface area contributed by atoms with E-state index < -0.39 is 11.6 Å². The van der Waals surface area contributed by atoms with Crippen molar-refractivity contribution in [2.45, 2.75) is 107 Å². The van der Waals surface area contributed by atoms with Crippen LogP contribution in [0.15, 0.2) is 9.42 Å². The van der Waals surface area contributed by atoms with Gasteiger partial charge in [-0.15, -0.1) is 11.8 Å². The van der Waals surface area contributed by atoms with E-state index >= 15 is 0 Å². The Bertz CT molecular complexity index is 906. The van der Waals surface area contributed by atoms with E-state index in [9.17, 15) is 9.59 Å². The number of thioether (sulfide) groups is 1. The van der Waals surface area contributed by atoms with Crippen LogP contribution in [-0.2, 0) is 4.79 Å². The fourth-order valence-corrected chi connectivity index (χ4v) is 7.31. The molecule has 4 saturated carbocycles. The van der Waals surface area contributed by atoms with Crippen LogP contribution in [-0.4, -0.2) is 45.9 Å². The largest absolute Gasteiger partial charge is 0.472 e. The molecule has 1 atom stereocenters. The lowest BCUT2D eigenvalue weighted by molar-refractivity contribution is -0.125. The Labute approximate surface area is 213 Å². The minimum Gasteiger partial charge on any atom is -0.472 e. The summed E-state index contributed by atoms with van der Waals surface area (Å²) < 4.78 is 11.6. The van der Waals surface area contributed by atoms with E-state index in [0.29, 0.717) is 4.90 Å². The van der Waals surface area contributed by atoms with E-state index in [1.807, 2.05) is 27.7 Å². The highest BCUT2D eigenvalue weighted by molar-refractivity contribution is 8.00. The SMILES string of the molecule is CC(C)Sc1c(OCC(C)(C)NC(=O)[C@@H](N)C(C)C)noc1C(=O)NC12CC3CC(CC(C3)C1)C2. The van der Waals surface area contributed by atoms with E-state index in [0.717, 1.165) is 37.0 Å². The van der Waals surface area contributed by atoms with Gasteiger partial charge in [0.2, 0.25) is 11.7 Å². The molecule has 4 N–H and O–H groups in total. The van der Waals surface area contributed by atoms with E-state index in [2.05, 4.69) is 29.6 Å². The normalized spacial score (nSPS) is 28.4. The third kappa shape index (κ3) is 5.98. The topological polar surface area (TPSA) is 119 Å². The quantitative estimate of drug-likeness (QED) is 0.408. The standard InChI is InChI=1S/C26H42N4O4S/c1-14(2)19(27)22(31)28-25(5,6)13-33-24-21(35-15(3)4)20(34-30-24)23(32)29-26-10-16-7-17(11-26)9-18(8-16)12-26/h14-19H,7-13,27H2,1-6H3,(H,28,31)(H,29,32)/t16?,17?,18?,19-,26?/m0/s1. The van der Waals surface area contributed by atoms with Crippen molar-refractivity contribution in [2.75, 3.05) is 6.61 Å². The molecule has 0 saturated heterocycles. The van der Waals surface area contributed by atoms with Gasteiger partial charge >= 0.3 is 0 Å². The summed E-state index contributed by atoms with van der Waals surface area (Å²) in [4.78, 5) is 26.5. The average Bonchev–Trinajstić information content (AvgIpc) is 3.12. The number of ether oxygens (including phenoxy) is 1. The zero-order valence-corrected chi connectivity index (χ0v) is 22.8. The average molecular weight is 507 g/mol. The molecule has 5 rings (SSSR count). The lowest BCUT2D eigenvalue weighted by Gasteiger charge is -2.56. The number of hydrogen-bond acceptors (Lipinski definition) is 7. The molecule has 35 heavy (non-hydrogen) atoms. The van der Waals surface area contributed by atoms with Gasteiger partial charge in [-0.05, 0) is 81.2 Å². The summed E-state index contributed by atoms with van der Waals surface area (Å²) in [7, 11) is 0. The number of nitrogens with one attached hydrogen (secondary N) is 2. The monoisotopic (exact) mass is 506 g/mol. The Kier molecular flexibility index (Phi) is 7.49. The first-order valence-corrected chi connectivity index (χ1v) is 13.9. The van der Waals surface area contributed by atoms with Gasteiger partial charge in [-0.2, -0.15) is 0 Å². The summed E-state index contributed by atoms with van der Waals surface area (Å²) in [5, 5.41) is 10.6. The Morgan fingerprint density at radius 3 is 2.23 bits per heavy atom. The highest BCUT2D eigenvalue weighted by Crippen LogP contribution is 2.55. The molecule has 4 fully saturated rings. The van der Waals surface area contributed by atoms with Gasteiger partial charge in [0.25, 0.3) is 11.8 Å². The Balaban J connectivity index is 1.45. The van der Waals surface area contributed by atoms with Gasteiger partial charge in [-0.1, -0.05) is 27.7 Å². The number of aromatic nitrogens is 1. The van der Waals surface area contributed by atoms with Crippen LogP contribution < -0.4 is 21.1 Å². The van der Waals surface area contributed by atoms with Crippen LogP contribution in [0.3, 0.4) is 0 Å². The second kappa shape index (κ2) is 9.96. The summed E-state index contributed by atoms with van der Waals surface area (Å²) in [6.07, 6.45) is 7.17. The van der Waals surface area contributed by atoms with Crippen LogP contribution in [0.5, 0.6) is 5.88 Å². The molecule has 0 aliphatic heterocycles. The van der Waals surface area contributed by atoms with Gasteiger partial charge in [-0.25, -0.2) is 0 Å². The van der Waals surface area contributed by atoms with Crippen LogP contribution in [0.4, 0.5) is 0 Å². The third-order valence-electron chi connectivity index (χ3n) is 7.65. The summed E-state index contributed by atoms with van der Waals surface area (Å²) in [5.41, 5.74) is 5.20. The molecule has 4 aliphatic rings. The predicted octanol–water partition coefficient (Wildman–Crippen LogP) is 4.13. The third-order valence-corrected chi connectivity index (χ3v) is 8.72. The number of nitrogens with zero attached hydrogens (tertiary/aromatic N) is 1. The van der Waals surface area contributed by atoms with Gasteiger partial charge in [-0.3, -0.25) is 9.59 Å². The molecule has 8 nitrogen and oxygen atoms in total. The summed E-state index contributed by atoms with van der Waals surface area (Å²) >= 11 is 1.50. The molecule has 9 heteroatoms. The lowest BCUT2D eigenvalue weighted by atomic mass is 9.53. The zero-order chi connectivity index (χ0) is 25.5. The molecule has 4 aliphatic carbocycles. The number of carbonyl (C=O) groups is 2. The first kappa shape index (κ1) is 26.3. The molecule has 0 radical (unpaired) electrons. The first-order valence-electron chi connectivity index (χ1n) is 13.1. The van der Waals surface area contributed by atoms with Crippen molar-refractivity contribution >= 4 is 23.6 Å². The number of carbonyl (C=O) groups excluding carboxylic acids is 2.